The topological polar surface area (TPSA) is 96.9 Å². The number of carbonyl (C=O) groups is 1. The first-order valence-electron chi connectivity index (χ1n) is 12.6. The van der Waals surface area contributed by atoms with Crippen LogP contribution < -0.4 is 9.47 Å². The second kappa shape index (κ2) is 10.2. The number of H-pyrrole nitrogens is 1. The van der Waals surface area contributed by atoms with Crippen molar-refractivity contribution in [2.24, 2.45) is 5.92 Å². The van der Waals surface area contributed by atoms with E-state index in [4.69, 9.17) is 14.2 Å². The van der Waals surface area contributed by atoms with Crippen LogP contribution in [-0.4, -0.2) is 59.1 Å². The monoisotopic (exact) mass is 491 g/mol. The van der Waals surface area contributed by atoms with Crippen molar-refractivity contribution in [2.75, 3.05) is 26.9 Å². The summed E-state index contributed by atoms with van der Waals surface area (Å²) in [5.74, 6) is 1.81. The van der Waals surface area contributed by atoms with Crippen molar-refractivity contribution >= 4 is 5.91 Å². The number of aromatic hydroxyl groups is 1. The van der Waals surface area contributed by atoms with Crippen molar-refractivity contribution < 1.29 is 24.1 Å². The highest BCUT2D eigenvalue weighted by molar-refractivity contribution is 6.00. The van der Waals surface area contributed by atoms with Crippen molar-refractivity contribution in [1.82, 2.24) is 15.1 Å². The Morgan fingerprint density at radius 2 is 2.06 bits per heavy atom. The highest BCUT2D eigenvalue weighted by atomic mass is 16.5. The van der Waals surface area contributed by atoms with E-state index < -0.39 is 6.04 Å². The van der Waals surface area contributed by atoms with E-state index in [1.54, 1.807) is 19.2 Å². The van der Waals surface area contributed by atoms with E-state index in [1.807, 2.05) is 35.2 Å². The van der Waals surface area contributed by atoms with Gasteiger partial charge in [-0.25, -0.2) is 0 Å². The Morgan fingerprint density at radius 1 is 1.22 bits per heavy atom. The van der Waals surface area contributed by atoms with Crippen LogP contribution >= 0.6 is 0 Å². The minimum atomic E-state index is -0.413. The maximum atomic E-state index is 13.6. The van der Waals surface area contributed by atoms with Gasteiger partial charge in [-0.3, -0.25) is 9.89 Å². The number of aromatic amines is 1. The molecule has 2 unspecified atom stereocenters. The second-order valence-electron chi connectivity index (χ2n) is 9.81. The third kappa shape index (κ3) is 4.53. The van der Waals surface area contributed by atoms with Gasteiger partial charge in [0.15, 0.2) is 11.5 Å². The van der Waals surface area contributed by atoms with E-state index in [0.717, 1.165) is 30.4 Å². The normalized spacial score (nSPS) is 19.2. The van der Waals surface area contributed by atoms with Gasteiger partial charge >= 0.3 is 0 Å². The molecule has 2 aliphatic heterocycles. The quantitative estimate of drug-likeness (QED) is 0.440. The van der Waals surface area contributed by atoms with Crippen LogP contribution in [0.15, 0.2) is 42.5 Å². The number of hydrogen-bond donors (Lipinski definition) is 2. The number of aromatic nitrogens is 2. The van der Waals surface area contributed by atoms with Crippen LogP contribution in [-0.2, 0) is 4.74 Å². The number of para-hydroxylation sites is 1. The Labute approximate surface area is 211 Å². The summed E-state index contributed by atoms with van der Waals surface area (Å²) in [6, 6.07) is 12.4. The minimum Gasteiger partial charge on any atom is -0.507 e. The molecule has 1 fully saturated rings. The molecule has 2 atom stereocenters. The number of methoxy groups -OCH3 is 1. The standard InChI is InChI=1S/C28H33N3O5/c1-17(2)12-14-36-22-11-10-18(15-23(22)34-3)27-24-25(20-8-4-5-9-21(20)32)29-30-26(24)28(33)31(27)16-19-7-6-13-35-19/h4-5,8-11,15,17,19,27,32H,6-7,12-14,16H2,1-3H3,(H,29,30). The number of fused-ring (bicyclic) bond motifs is 1. The predicted molar refractivity (Wildman–Crippen MR) is 135 cm³/mol. The molecule has 1 saturated heterocycles. The molecule has 190 valence electrons. The summed E-state index contributed by atoms with van der Waals surface area (Å²) >= 11 is 0. The summed E-state index contributed by atoms with van der Waals surface area (Å²) < 4.78 is 17.6. The lowest BCUT2D eigenvalue weighted by Gasteiger charge is -2.29. The lowest BCUT2D eigenvalue weighted by atomic mass is 9.95. The third-order valence-corrected chi connectivity index (χ3v) is 6.90. The van der Waals surface area contributed by atoms with Crippen LogP contribution in [0, 0.1) is 5.92 Å². The average Bonchev–Trinajstić information content (AvgIpc) is 3.59. The molecule has 8 heteroatoms. The summed E-state index contributed by atoms with van der Waals surface area (Å²) in [7, 11) is 1.62. The largest absolute Gasteiger partial charge is 0.507 e. The fraction of sp³-hybridized carbons (Fsp3) is 0.429. The van der Waals surface area contributed by atoms with Crippen LogP contribution in [0.2, 0.25) is 0 Å². The highest BCUT2D eigenvalue weighted by Crippen LogP contribution is 2.46. The number of amides is 1. The summed E-state index contributed by atoms with van der Waals surface area (Å²) in [6.07, 6.45) is 2.84. The van der Waals surface area contributed by atoms with E-state index in [1.165, 1.54) is 0 Å². The van der Waals surface area contributed by atoms with Crippen LogP contribution in [0.5, 0.6) is 17.2 Å². The lowest BCUT2D eigenvalue weighted by molar-refractivity contribution is 0.0495. The van der Waals surface area contributed by atoms with Gasteiger partial charge in [-0.15, -0.1) is 0 Å². The highest BCUT2D eigenvalue weighted by Gasteiger charge is 2.44. The van der Waals surface area contributed by atoms with Crippen molar-refractivity contribution in [1.29, 1.82) is 0 Å². The molecule has 0 saturated carbocycles. The summed E-state index contributed by atoms with van der Waals surface area (Å²) in [5.41, 5.74) is 3.20. The summed E-state index contributed by atoms with van der Waals surface area (Å²) in [4.78, 5) is 15.4. The second-order valence-corrected chi connectivity index (χ2v) is 9.81. The number of carbonyl (C=O) groups excluding carboxylic acids is 1. The van der Waals surface area contributed by atoms with E-state index >= 15 is 0 Å². The van der Waals surface area contributed by atoms with Gasteiger partial charge in [-0.2, -0.15) is 5.10 Å². The molecule has 8 nitrogen and oxygen atoms in total. The Balaban J connectivity index is 1.56. The number of hydrogen-bond acceptors (Lipinski definition) is 6. The smallest absolute Gasteiger partial charge is 0.273 e. The van der Waals surface area contributed by atoms with Crippen LogP contribution in [0.3, 0.4) is 0 Å². The SMILES string of the molecule is COc1cc(C2c3c(-c4ccccc4O)n[nH]c3C(=O)N2CC2CCCO2)ccc1OCCC(C)C. The van der Waals surface area contributed by atoms with Gasteiger partial charge in [0.1, 0.15) is 17.1 Å². The number of ether oxygens (including phenoxy) is 3. The van der Waals surface area contributed by atoms with E-state index in [2.05, 4.69) is 24.0 Å². The van der Waals surface area contributed by atoms with Crippen LogP contribution in [0.1, 0.15) is 60.8 Å². The van der Waals surface area contributed by atoms with Gasteiger partial charge in [0.25, 0.3) is 5.91 Å². The van der Waals surface area contributed by atoms with Gasteiger partial charge in [-0.1, -0.05) is 32.0 Å². The molecular weight excluding hydrogens is 458 g/mol. The number of nitrogens with one attached hydrogen (secondary N) is 1. The number of nitrogens with zero attached hydrogens (tertiary/aromatic N) is 2. The fourth-order valence-corrected chi connectivity index (χ4v) is 5.00. The first-order valence-corrected chi connectivity index (χ1v) is 12.6. The molecule has 2 N–H and O–H groups in total. The summed E-state index contributed by atoms with van der Waals surface area (Å²) in [6.45, 7) is 6.11. The van der Waals surface area contributed by atoms with Gasteiger partial charge in [0, 0.05) is 24.3 Å². The van der Waals surface area contributed by atoms with Crippen molar-refractivity contribution in [3.63, 3.8) is 0 Å². The zero-order chi connectivity index (χ0) is 25.2. The molecule has 0 aliphatic carbocycles. The molecule has 0 radical (unpaired) electrons. The van der Waals surface area contributed by atoms with E-state index in [9.17, 15) is 9.90 Å². The lowest BCUT2D eigenvalue weighted by Crippen LogP contribution is -2.36. The summed E-state index contributed by atoms with van der Waals surface area (Å²) in [5, 5.41) is 18.0. The van der Waals surface area contributed by atoms with Crippen LogP contribution in [0.4, 0.5) is 0 Å². The van der Waals surface area contributed by atoms with E-state index in [0.29, 0.717) is 54.1 Å². The molecule has 1 amide bonds. The molecule has 3 aromatic rings. The number of phenolic OH excluding ortho intramolecular Hbond substituents is 1. The third-order valence-electron chi connectivity index (χ3n) is 6.90. The Morgan fingerprint density at radius 3 is 2.78 bits per heavy atom. The Hall–Kier alpha value is -3.52. The van der Waals surface area contributed by atoms with Gasteiger partial charge in [0.2, 0.25) is 0 Å². The molecule has 36 heavy (non-hydrogen) atoms. The van der Waals surface area contributed by atoms with Gasteiger partial charge in [0.05, 0.1) is 25.9 Å². The molecular formula is C28H33N3O5. The minimum absolute atomic E-state index is 0.0115. The molecule has 0 spiro atoms. The van der Waals surface area contributed by atoms with Crippen LogP contribution in [0.25, 0.3) is 11.3 Å². The average molecular weight is 492 g/mol. The zero-order valence-electron chi connectivity index (χ0n) is 21.0. The molecule has 0 bridgehead atoms. The zero-order valence-corrected chi connectivity index (χ0v) is 21.0. The first kappa shape index (κ1) is 24.2. The van der Waals surface area contributed by atoms with Gasteiger partial charge in [-0.05, 0) is 55.0 Å². The first-order chi connectivity index (χ1) is 17.5. The molecule has 2 aromatic carbocycles. The maximum absolute atomic E-state index is 13.6. The fourth-order valence-electron chi connectivity index (χ4n) is 5.00. The van der Waals surface area contributed by atoms with Crippen molar-refractivity contribution in [2.45, 2.75) is 45.3 Å². The molecule has 3 heterocycles. The molecule has 1 aromatic heterocycles. The van der Waals surface area contributed by atoms with Gasteiger partial charge < -0.3 is 24.2 Å². The Bertz CT molecular complexity index is 1230. The number of benzene rings is 2. The molecule has 2 aliphatic rings. The number of rotatable bonds is 9. The number of phenols is 1. The van der Waals surface area contributed by atoms with Crippen molar-refractivity contribution in [3.05, 3.63) is 59.3 Å². The predicted octanol–water partition coefficient (Wildman–Crippen LogP) is 4.94. The van der Waals surface area contributed by atoms with Crippen molar-refractivity contribution in [3.8, 4) is 28.5 Å². The van der Waals surface area contributed by atoms with E-state index in [-0.39, 0.29) is 17.8 Å². The maximum Gasteiger partial charge on any atom is 0.273 e. The molecule has 5 rings (SSSR count). The Kier molecular flexibility index (Phi) is 6.87.